The topological polar surface area (TPSA) is 87.5 Å². The summed E-state index contributed by atoms with van der Waals surface area (Å²) in [6.45, 7) is 8.42. The van der Waals surface area contributed by atoms with Gasteiger partial charge in [-0.15, -0.1) is 0 Å². The number of likely N-dealkylation sites (tertiary alicyclic amines) is 1. The average molecular weight is 492 g/mol. The number of carbonyl (C=O) groups is 1. The van der Waals surface area contributed by atoms with Crippen LogP contribution < -0.4 is 5.32 Å². The first-order chi connectivity index (χ1) is 16.3. The number of aryl methyl sites for hydroxylation is 2. The summed E-state index contributed by atoms with van der Waals surface area (Å²) in [6.07, 6.45) is 7.43. The average Bonchev–Trinajstić information content (AvgIpc) is 3.17. The molecule has 1 aromatic carbocycles. The van der Waals surface area contributed by atoms with Crippen LogP contribution >= 0.6 is 0 Å². The van der Waals surface area contributed by atoms with Gasteiger partial charge in [-0.1, -0.05) is 26.7 Å². The molecule has 0 unspecified atom stereocenters. The predicted octanol–water partition coefficient (Wildman–Crippen LogP) is 3.40. The highest BCUT2D eigenvalue weighted by atomic mass is 32.2. The second-order valence-electron chi connectivity index (χ2n) is 9.51. The molecule has 9 heteroatoms. The molecule has 190 valence electrons. The Bertz CT molecular complexity index is 1060. The molecule has 1 amide bonds. The molecule has 0 bridgehead atoms. The van der Waals surface area contributed by atoms with E-state index in [1.54, 1.807) is 12.1 Å². The number of nitrogens with one attached hydrogen (secondary N) is 1. The summed E-state index contributed by atoms with van der Waals surface area (Å²) in [6, 6.07) is 5.38. The monoisotopic (exact) mass is 491 g/mol. The summed E-state index contributed by atoms with van der Waals surface area (Å²) in [7, 11) is -0.471. The van der Waals surface area contributed by atoms with E-state index in [1.165, 1.54) is 31.2 Å². The second kappa shape index (κ2) is 12.1. The molecule has 2 aromatic rings. The maximum absolute atomic E-state index is 12.7. The smallest absolute Gasteiger partial charge is 0.242 e. The first-order valence-corrected chi connectivity index (χ1v) is 14.1. The minimum absolute atomic E-state index is 0.0666. The number of piperidine rings is 1. The molecule has 0 radical (unpaired) electrons. The Morgan fingerprint density at radius 3 is 2.44 bits per heavy atom. The van der Waals surface area contributed by atoms with Gasteiger partial charge in [0, 0.05) is 52.6 Å². The van der Waals surface area contributed by atoms with Crippen molar-refractivity contribution in [3.8, 4) is 0 Å². The molecule has 34 heavy (non-hydrogen) atoms. The van der Waals surface area contributed by atoms with Crippen molar-refractivity contribution >= 4 is 27.0 Å². The largest absolute Gasteiger partial charge is 0.353 e. The van der Waals surface area contributed by atoms with E-state index < -0.39 is 10.0 Å². The van der Waals surface area contributed by atoms with Gasteiger partial charge in [-0.25, -0.2) is 17.7 Å². The number of aromatic nitrogens is 2. The lowest BCUT2D eigenvalue weighted by Crippen LogP contribution is -2.44. The van der Waals surface area contributed by atoms with Crippen LogP contribution in [0.2, 0.25) is 0 Å². The molecule has 0 atom stereocenters. The normalized spacial score (nSPS) is 15.9. The summed E-state index contributed by atoms with van der Waals surface area (Å²) in [5.74, 6) is 0.907. The van der Waals surface area contributed by atoms with E-state index >= 15 is 0 Å². The van der Waals surface area contributed by atoms with Gasteiger partial charge in [0.15, 0.2) is 0 Å². The Balaban J connectivity index is 1.66. The van der Waals surface area contributed by atoms with Gasteiger partial charge in [-0.2, -0.15) is 0 Å². The molecular weight excluding hydrogens is 450 g/mol. The van der Waals surface area contributed by atoms with Gasteiger partial charge < -0.3 is 14.8 Å². The number of amides is 1. The molecular formula is C25H41N5O3S. The number of fused-ring (bicyclic) bond motifs is 1. The molecule has 0 saturated carbocycles. The molecule has 1 aliphatic rings. The molecule has 3 rings (SSSR count). The lowest BCUT2D eigenvalue weighted by Gasteiger charge is -2.32. The van der Waals surface area contributed by atoms with E-state index in [1.807, 2.05) is 6.07 Å². The summed E-state index contributed by atoms with van der Waals surface area (Å²) < 4.78 is 28.5. The maximum atomic E-state index is 12.7. The third-order valence-electron chi connectivity index (χ3n) is 6.67. The highest BCUT2D eigenvalue weighted by molar-refractivity contribution is 7.89. The molecule has 1 N–H and O–H groups in total. The van der Waals surface area contributed by atoms with Gasteiger partial charge in [0.2, 0.25) is 15.9 Å². The predicted molar refractivity (Wildman–Crippen MR) is 136 cm³/mol. The highest BCUT2D eigenvalue weighted by Crippen LogP contribution is 2.23. The molecule has 1 saturated heterocycles. The summed E-state index contributed by atoms with van der Waals surface area (Å²) in [5, 5.41) is 3.22. The van der Waals surface area contributed by atoms with Crippen LogP contribution in [0.4, 0.5) is 0 Å². The Kier molecular flexibility index (Phi) is 9.50. The third-order valence-corrected chi connectivity index (χ3v) is 8.48. The van der Waals surface area contributed by atoms with Crippen LogP contribution in [-0.2, 0) is 27.8 Å². The van der Waals surface area contributed by atoms with Crippen molar-refractivity contribution in [2.75, 3.05) is 33.7 Å². The van der Waals surface area contributed by atoms with Crippen molar-refractivity contribution in [1.82, 2.24) is 24.1 Å². The Morgan fingerprint density at radius 1 is 1.12 bits per heavy atom. The number of rotatable bonds is 12. The van der Waals surface area contributed by atoms with Gasteiger partial charge in [0.05, 0.1) is 15.9 Å². The van der Waals surface area contributed by atoms with Crippen molar-refractivity contribution < 1.29 is 13.2 Å². The van der Waals surface area contributed by atoms with Crippen LogP contribution in [0.1, 0.15) is 64.6 Å². The van der Waals surface area contributed by atoms with Crippen molar-refractivity contribution in [2.45, 2.75) is 82.7 Å². The summed E-state index contributed by atoms with van der Waals surface area (Å²) >= 11 is 0. The van der Waals surface area contributed by atoms with E-state index in [-0.39, 0.29) is 16.8 Å². The standard InChI is InChI=1S/C25H41N5O3S/c1-5-7-15-29-17-13-20(14-18-29)26-25(31)12-11-24-27-22-19-21(34(32,33)28(3)4)9-10-23(22)30(24)16-8-6-2/h9-10,19-20H,5-8,11-18H2,1-4H3,(H,26,31). The van der Waals surface area contributed by atoms with Crippen LogP contribution in [0, 0.1) is 0 Å². The number of unbranched alkanes of at least 4 members (excludes halogenated alkanes) is 2. The van der Waals surface area contributed by atoms with Gasteiger partial charge in [0.25, 0.3) is 0 Å². The molecule has 2 heterocycles. The van der Waals surface area contributed by atoms with E-state index in [4.69, 9.17) is 4.98 Å². The van der Waals surface area contributed by atoms with Crippen molar-refractivity contribution in [2.24, 2.45) is 0 Å². The Hall–Kier alpha value is -1.97. The zero-order valence-corrected chi connectivity index (χ0v) is 22.0. The van der Waals surface area contributed by atoms with Crippen LogP contribution in [0.3, 0.4) is 0 Å². The fourth-order valence-corrected chi connectivity index (χ4v) is 5.42. The van der Waals surface area contributed by atoms with Gasteiger partial charge in [0.1, 0.15) is 5.82 Å². The van der Waals surface area contributed by atoms with Crippen molar-refractivity contribution in [3.05, 3.63) is 24.0 Å². The molecule has 0 spiro atoms. The number of imidazole rings is 1. The highest BCUT2D eigenvalue weighted by Gasteiger charge is 2.22. The first-order valence-electron chi connectivity index (χ1n) is 12.7. The number of hydrogen-bond acceptors (Lipinski definition) is 5. The minimum Gasteiger partial charge on any atom is -0.353 e. The zero-order valence-electron chi connectivity index (χ0n) is 21.2. The number of carbonyl (C=O) groups excluding carboxylic acids is 1. The van der Waals surface area contributed by atoms with E-state index in [0.29, 0.717) is 18.4 Å². The molecule has 1 aliphatic heterocycles. The van der Waals surface area contributed by atoms with E-state index in [0.717, 1.165) is 63.2 Å². The van der Waals surface area contributed by atoms with Crippen LogP contribution in [-0.4, -0.2) is 72.9 Å². The van der Waals surface area contributed by atoms with Gasteiger partial charge in [-0.3, -0.25) is 4.79 Å². The van der Waals surface area contributed by atoms with Crippen molar-refractivity contribution in [3.63, 3.8) is 0 Å². The first kappa shape index (κ1) is 26.6. The minimum atomic E-state index is -3.52. The fourth-order valence-electron chi connectivity index (χ4n) is 4.50. The van der Waals surface area contributed by atoms with Crippen LogP contribution in [0.5, 0.6) is 0 Å². The molecule has 1 aromatic heterocycles. The zero-order chi connectivity index (χ0) is 24.7. The Morgan fingerprint density at radius 2 is 1.79 bits per heavy atom. The lowest BCUT2D eigenvalue weighted by atomic mass is 10.0. The second-order valence-corrected chi connectivity index (χ2v) is 11.7. The van der Waals surface area contributed by atoms with Gasteiger partial charge in [-0.05, 0) is 50.4 Å². The number of nitrogens with zero attached hydrogens (tertiary/aromatic N) is 4. The molecule has 1 fully saturated rings. The SMILES string of the molecule is CCCCN1CCC(NC(=O)CCc2nc3cc(S(=O)(=O)N(C)C)ccc3n2CCCC)CC1. The maximum Gasteiger partial charge on any atom is 0.242 e. The van der Waals surface area contributed by atoms with Gasteiger partial charge >= 0.3 is 0 Å². The molecule has 0 aliphatic carbocycles. The quantitative estimate of drug-likeness (QED) is 0.492. The third kappa shape index (κ3) is 6.58. The summed E-state index contributed by atoms with van der Waals surface area (Å²) in [4.78, 5) is 20.2. The van der Waals surface area contributed by atoms with E-state index in [2.05, 4.69) is 28.6 Å². The number of benzene rings is 1. The number of hydrogen-bond donors (Lipinski definition) is 1. The van der Waals surface area contributed by atoms with Crippen LogP contribution in [0.25, 0.3) is 11.0 Å². The van der Waals surface area contributed by atoms with Crippen LogP contribution in [0.15, 0.2) is 23.1 Å². The fraction of sp³-hybridized carbons (Fsp3) is 0.680. The van der Waals surface area contributed by atoms with E-state index in [9.17, 15) is 13.2 Å². The summed E-state index contributed by atoms with van der Waals surface area (Å²) in [5.41, 5.74) is 1.58. The Labute approximate surface area is 204 Å². The lowest BCUT2D eigenvalue weighted by molar-refractivity contribution is -0.122. The molecule has 8 nitrogen and oxygen atoms in total. The number of sulfonamides is 1. The van der Waals surface area contributed by atoms with Crippen molar-refractivity contribution in [1.29, 1.82) is 0 Å².